The van der Waals surface area contributed by atoms with E-state index in [2.05, 4.69) is 43.7 Å². The van der Waals surface area contributed by atoms with Crippen molar-refractivity contribution in [2.45, 2.75) is 12.8 Å². The van der Waals surface area contributed by atoms with E-state index in [0.717, 1.165) is 6.42 Å². The number of carbonyl (C=O) groups excluding carboxylic acids is 1. The highest BCUT2D eigenvalue weighted by molar-refractivity contribution is 8.24. The number of methoxy groups -OCH3 is 4. The van der Waals surface area contributed by atoms with Crippen molar-refractivity contribution >= 4 is 95.1 Å². The summed E-state index contributed by atoms with van der Waals surface area (Å²) in [4.78, 5) is 41.4. The number of hydrogen-bond donors (Lipinski definition) is 2. The van der Waals surface area contributed by atoms with E-state index in [-0.39, 0.29) is 21.5 Å². The Morgan fingerprint density at radius 2 is 1.33 bits per heavy atom. The highest BCUT2D eigenvalue weighted by Gasteiger charge is 2.17. The van der Waals surface area contributed by atoms with Gasteiger partial charge in [0, 0.05) is 70.2 Å². The Morgan fingerprint density at radius 3 is 1.80 bits per heavy atom. The van der Waals surface area contributed by atoms with Crippen molar-refractivity contribution in [1.82, 2.24) is 9.97 Å². The standard InChI is InChI=1S/C15H15Cl2NO4.C15H17NO6.Cl3OP/c1-20-4-3-5-22-13-7-11-9(6-12(13)21-2)14(16)10(8-18-11)15(17)19;1-20-4-3-5-22-13-7-11-9(6-12(13)21-2)14(17)10(8-16-11)15(18)19;1-5(2,3)4/h6-8H,3-5H2,1-2H3;6-8H,3-5H2,1-2H3,(H,16,17)(H,18,19);. The fourth-order valence-corrected chi connectivity index (χ4v) is 4.48. The Balaban J connectivity index is 0.000000299. The van der Waals surface area contributed by atoms with Crippen molar-refractivity contribution in [2.24, 2.45) is 0 Å². The van der Waals surface area contributed by atoms with Gasteiger partial charge in [-0.05, 0) is 57.5 Å². The number of aromatic amines is 1. The van der Waals surface area contributed by atoms with Crippen LogP contribution in [0.2, 0.25) is 5.02 Å². The number of ether oxygens (including phenoxy) is 6. The molecule has 13 nitrogen and oxygen atoms in total. The number of H-pyrrole nitrogens is 1. The van der Waals surface area contributed by atoms with Gasteiger partial charge in [-0.25, -0.2) is 4.79 Å². The minimum atomic E-state index is -3.22. The van der Waals surface area contributed by atoms with Gasteiger partial charge in [0.2, 0.25) is 5.43 Å². The fourth-order valence-electron chi connectivity index (χ4n) is 4.01. The SMILES string of the molecule is COCCCOc1cc2[nH]cc(C(=O)O)c(=O)c2cc1OC.COCCCOc1cc2ncc(C(=O)Cl)c(Cl)c2cc1OC.O=P(Cl)(Cl)Cl. The van der Waals surface area contributed by atoms with Crippen molar-refractivity contribution in [3.8, 4) is 23.0 Å². The maximum atomic E-state index is 12.1. The lowest BCUT2D eigenvalue weighted by Gasteiger charge is -2.13. The van der Waals surface area contributed by atoms with E-state index in [0.29, 0.717) is 72.3 Å². The maximum absolute atomic E-state index is 12.1. The molecule has 268 valence electrons. The van der Waals surface area contributed by atoms with E-state index in [9.17, 15) is 18.9 Å². The molecule has 0 aliphatic rings. The Hall–Kier alpha value is -3.00. The molecule has 4 rings (SSSR count). The molecule has 0 saturated carbocycles. The summed E-state index contributed by atoms with van der Waals surface area (Å²) < 4.78 is 41.2. The van der Waals surface area contributed by atoms with E-state index in [1.165, 1.54) is 32.7 Å². The summed E-state index contributed by atoms with van der Waals surface area (Å²) in [6.45, 7) is 2.12. The predicted octanol–water partition coefficient (Wildman–Crippen LogP) is 8.15. The molecule has 0 bridgehead atoms. The van der Waals surface area contributed by atoms with Crippen LogP contribution in [0.25, 0.3) is 21.8 Å². The molecule has 2 aromatic heterocycles. The van der Waals surface area contributed by atoms with Crippen LogP contribution < -0.4 is 24.4 Å². The highest BCUT2D eigenvalue weighted by Crippen LogP contribution is 2.61. The van der Waals surface area contributed by atoms with Crippen LogP contribution in [0.5, 0.6) is 23.0 Å². The summed E-state index contributed by atoms with van der Waals surface area (Å²) in [5.74, 6) is 0.636. The number of aromatic carboxylic acids is 1. The molecule has 0 radical (unpaired) electrons. The first-order valence-electron chi connectivity index (χ1n) is 13.9. The Bertz CT molecular complexity index is 1850. The summed E-state index contributed by atoms with van der Waals surface area (Å²) in [7, 11) is 6.24. The van der Waals surface area contributed by atoms with Gasteiger partial charge < -0.3 is 38.5 Å². The first-order valence-corrected chi connectivity index (χ1v) is 19.1. The van der Waals surface area contributed by atoms with Crippen LogP contribution in [-0.2, 0) is 14.0 Å². The first kappa shape index (κ1) is 42.2. The van der Waals surface area contributed by atoms with Crippen LogP contribution in [0.3, 0.4) is 0 Å². The normalized spacial score (nSPS) is 10.8. The van der Waals surface area contributed by atoms with Crippen molar-refractivity contribution < 1.29 is 47.7 Å². The van der Waals surface area contributed by atoms with Crippen LogP contribution in [0.4, 0.5) is 0 Å². The lowest BCUT2D eigenvalue weighted by molar-refractivity contribution is 0.0695. The van der Waals surface area contributed by atoms with Gasteiger partial charge in [0.15, 0.2) is 23.0 Å². The smallest absolute Gasteiger partial charge is 0.341 e. The quantitative estimate of drug-likeness (QED) is 0.0713. The average Bonchev–Trinajstić information content (AvgIpc) is 3.04. The molecule has 0 spiro atoms. The molecule has 19 heteroatoms. The van der Waals surface area contributed by atoms with Crippen molar-refractivity contribution in [3.05, 3.63) is 63.0 Å². The van der Waals surface area contributed by atoms with Crippen molar-refractivity contribution in [3.63, 3.8) is 0 Å². The number of carboxylic acids is 1. The summed E-state index contributed by atoms with van der Waals surface area (Å²) in [6, 6.07) is 6.50. The molecule has 0 amide bonds. The molecule has 2 aromatic carbocycles. The molecule has 0 aliphatic heterocycles. The number of carboxylic acid groups (broad SMARTS) is 1. The van der Waals surface area contributed by atoms with E-state index in [1.54, 1.807) is 32.4 Å². The van der Waals surface area contributed by atoms with Gasteiger partial charge in [0.1, 0.15) is 5.56 Å². The number of nitrogens with one attached hydrogen (secondary N) is 1. The van der Waals surface area contributed by atoms with Crippen LogP contribution in [0.15, 0.2) is 41.5 Å². The summed E-state index contributed by atoms with van der Waals surface area (Å²) >= 11 is 25.5. The van der Waals surface area contributed by atoms with Gasteiger partial charge in [-0.15, -0.1) is 0 Å². The molecule has 0 aliphatic carbocycles. The second-order valence-electron chi connectivity index (χ2n) is 9.45. The Labute approximate surface area is 305 Å². The summed E-state index contributed by atoms with van der Waals surface area (Å²) in [6.07, 6.45) is 3.99. The lowest BCUT2D eigenvalue weighted by Crippen LogP contribution is -2.15. The molecule has 2 N–H and O–H groups in total. The lowest BCUT2D eigenvalue weighted by atomic mass is 10.1. The Kier molecular flexibility index (Phi) is 17.7. The number of aromatic nitrogens is 2. The number of nitrogens with zero attached hydrogens (tertiary/aromatic N) is 1. The maximum Gasteiger partial charge on any atom is 0.341 e. The third kappa shape index (κ3) is 13.3. The minimum Gasteiger partial charge on any atom is -0.493 e. The van der Waals surface area contributed by atoms with Crippen molar-refractivity contribution in [2.75, 3.05) is 54.9 Å². The minimum absolute atomic E-state index is 0.159. The predicted molar refractivity (Wildman–Crippen MR) is 191 cm³/mol. The average molecular weight is 805 g/mol. The molecule has 49 heavy (non-hydrogen) atoms. The largest absolute Gasteiger partial charge is 0.493 e. The van der Waals surface area contributed by atoms with E-state index < -0.39 is 21.8 Å². The number of carbonyl (C=O) groups is 2. The van der Waals surface area contributed by atoms with Gasteiger partial charge in [-0.1, -0.05) is 11.6 Å². The number of halogens is 5. The molecule has 0 unspecified atom stereocenters. The topological polar surface area (TPSA) is 173 Å². The number of hydrogen-bond acceptors (Lipinski definition) is 11. The second-order valence-corrected chi connectivity index (χ2v) is 16.8. The van der Waals surface area contributed by atoms with Gasteiger partial charge in [-0.2, -0.15) is 0 Å². The zero-order valence-electron chi connectivity index (χ0n) is 26.5. The summed E-state index contributed by atoms with van der Waals surface area (Å²) in [5, 5.41) is 6.17. The second kappa shape index (κ2) is 20.6. The molecule has 4 aromatic rings. The molecule has 0 atom stereocenters. The highest BCUT2D eigenvalue weighted by atomic mass is 36.0. The molecule has 2 heterocycles. The van der Waals surface area contributed by atoms with Gasteiger partial charge in [0.05, 0.1) is 54.4 Å². The van der Waals surface area contributed by atoms with Crippen LogP contribution >= 0.6 is 62.1 Å². The van der Waals surface area contributed by atoms with E-state index in [1.807, 2.05) is 0 Å². The number of rotatable bonds is 14. The van der Waals surface area contributed by atoms with Gasteiger partial charge in [-0.3, -0.25) is 19.1 Å². The van der Waals surface area contributed by atoms with Crippen LogP contribution in [0.1, 0.15) is 33.6 Å². The monoisotopic (exact) mass is 802 g/mol. The van der Waals surface area contributed by atoms with Gasteiger partial charge >= 0.3 is 11.2 Å². The third-order valence-electron chi connectivity index (χ3n) is 6.20. The van der Waals surface area contributed by atoms with E-state index >= 15 is 0 Å². The third-order valence-corrected chi connectivity index (χ3v) is 6.81. The first-order chi connectivity index (χ1) is 23.2. The van der Waals surface area contributed by atoms with Crippen LogP contribution in [-0.4, -0.2) is 81.2 Å². The number of fused-ring (bicyclic) bond motifs is 2. The molecule has 0 fully saturated rings. The van der Waals surface area contributed by atoms with Crippen LogP contribution in [0, 0.1) is 0 Å². The van der Waals surface area contributed by atoms with Crippen molar-refractivity contribution in [1.29, 1.82) is 0 Å². The van der Waals surface area contributed by atoms with E-state index in [4.69, 9.17) is 56.7 Å². The zero-order chi connectivity index (χ0) is 36.7. The zero-order valence-corrected chi connectivity index (χ0v) is 31.2. The van der Waals surface area contributed by atoms with Gasteiger partial charge in [0.25, 0.3) is 5.24 Å². The number of benzene rings is 2. The molecular formula is C30H32Cl5N2O11P. The Morgan fingerprint density at radius 1 is 0.816 bits per heavy atom. The fraction of sp³-hybridized carbons (Fsp3) is 0.333. The number of pyridine rings is 2. The molecule has 0 saturated heterocycles. The summed E-state index contributed by atoms with van der Waals surface area (Å²) in [5.41, 5.74) is 0.354. The molecular weight excluding hydrogens is 773 g/mol.